The molecule has 94 valence electrons. The number of hydrogen-bond donors (Lipinski definition) is 0. The number of carbonyl (C=O) groups excluding carboxylic acids is 1. The number of carbonyl (C=O) groups is 1. The van der Waals surface area contributed by atoms with Crippen LogP contribution in [0.4, 0.5) is 5.82 Å². The van der Waals surface area contributed by atoms with Crippen LogP contribution >= 0.6 is 15.9 Å². The van der Waals surface area contributed by atoms with Crippen LogP contribution in [0, 0.1) is 0 Å². The van der Waals surface area contributed by atoms with Crippen LogP contribution in [-0.2, 0) is 4.79 Å². The highest BCUT2D eigenvalue weighted by Crippen LogP contribution is 2.22. The van der Waals surface area contributed by atoms with Crippen LogP contribution in [0.25, 0.3) is 5.65 Å². The molecule has 18 heavy (non-hydrogen) atoms. The first-order valence-electron chi connectivity index (χ1n) is 5.63. The smallest absolute Gasteiger partial charge is 0.241 e. The molecule has 0 unspecified atom stereocenters. The molecule has 0 saturated carbocycles. The normalized spacial score (nSPS) is 16.7. The van der Waals surface area contributed by atoms with Crippen molar-refractivity contribution >= 4 is 33.3 Å². The van der Waals surface area contributed by atoms with Gasteiger partial charge in [-0.05, 0) is 15.9 Å². The van der Waals surface area contributed by atoms with Crippen LogP contribution in [0.3, 0.4) is 0 Å². The molecule has 1 saturated heterocycles. The Morgan fingerprint density at radius 2 is 2.22 bits per heavy atom. The number of amides is 1. The van der Waals surface area contributed by atoms with Crippen molar-refractivity contribution in [3.05, 3.63) is 23.2 Å². The second-order valence-electron chi connectivity index (χ2n) is 4.28. The lowest BCUT2D eigenvalue weighted by Crippen LogP contribution is -2.49. The van der Waals surface area contributed by atoms with Gasteiger partial charge < -0.3 is 14.2 Å². The molecular formula is C11H12BrN5O. The van der Waals surface area contributed by atoms with Gasteiger partial charge in [0.25, 0.3) is 0 Å². The summed E-state index contributed by atoms with van der Waals surface area (Å²) in [6.07, 6.45) is 5.44. The molecule has 7 heteroatoms. The number of fused-ring (bicyclic) bond motifs is 1. The molecule has 0 atom stereocenters. The van der Waals surface area contributed by atoms with E-state index in [1.54, 1.807) is 11.1 Å². The van der Waals surface area contributed by atoms with Gasteiger partial charge in [-0.15, -0.1) is 0 Å². The molecule has 3 heterocycles. The van der Waals surface area contributed by atoms with Crippen molar-refractivity contribution in [2.75, 3.05) is 31.6 Å². The van der Waals surface area contributed by atoms with E-state index in [9.17, 15) is 4.79 Å². The van der Waals surface area contributed by atoms with Gasteiger partial charge in [-0.2, -0.15) is 0 Å². The zero-order chi connectivity index (χ0) is 12.7. The number of likely N-dealkylation sites (N-methyl/N-ethyl adjacent to an activating group) is 1. The summed E-state index contributed by atoms with van der Waals surface area (Å²) in [5.74, 6) is 0.851. The Kier molecular flexibility index (Phi) is 2.70. The van der Waals surface area contributed by atoms with E-state index in [2.05, 4.69) is 25.9 Å². The topological polar surface area (TPSA) is 53.7 Å². The van der Waals surface area contributed by atoms with Gasteiger partial charge in [0.2, 0.25) is 5.91 Å². The predicted molar refractivity (Wildman–Crippen MR) is 70.5 cm³/mol. The number of nitrogens with zero attached hydrogens (tertiary/aromatic N) is 5. The first kappa shape index (κ1) is 11.5. The number of imidazole rings is 1. The van der Waals surface area contributed by atoms with Crippen LogP contribution in [-0.4, -0.2) is 51.9 Å². The van der Waals surface area contributed by atoms with Crippen LogP contribution in [0.2, 0.25) is 0 Å². The number of hydrogen-bond acceptors (Lipinski definition) is 4. The van der Waals surface area contributed by atoms with E-state index in [1.807, 2.05) is 28.7 Å². The molecule has 1 fully saturated rings. The summed E-state index contributed by atoms with van der Waals surface area (Å²) in [5, 5.41) is 0. The van der Waals surface area contributed by atoms with Gasteiger partial charge in [0.15, 0.2) is 11.5 Å². The number of aromatic nitrogens is 3. The molecule has 0 spiro atoms. The second kappa shape index (κ2) is 4.24. The van der Waals surface area contributed by atoms with Crippen molar-refractivity contribution in [3.63, 3.8) is 0 Å². The van der Waals surface area contributed by atoms with Crippen molar-refractivity contribution in [1.29, 1.82) is 0 Å². The molecule has 3 rings (SSSR count). The van der Waals surface area contributed by atoms with Gasteiger partial charge in [0.1, 0.15) is 4.60 Å². The fourth-order valence-corrected chi connectivity index (χ4v) is 2.43. The molecule has 1 amide bonds. The molecule has 2 aromatic rings. The lowest BCUT2D eigenvalue weighted by atomic mass is 10.3. The maximum Gasteiger partial charge on any atom is 0.241 e. The average molecular weight is 310 g/mol. The Bertz CT molecular complexity index is 610. The van der Waals surface area contributed by atoms with E-state index in [4.69, 9.17) is 0 Å². The van der Waals surface area contributed by atoms with Crippen LogP contribution in [0.5, 0.6) is 0 Å². The SMILES string of the molecule is CN1CCN(c2nc(Br)cn3ccnc23)CC1=O. The van der Waals surface area contributed by atoms with Crippen molar-refractivity contribution in [2.24, 2.45) is 0 Å². The maximum atomic E-state index is 11.8. The largest absolute Gasteiger partial charge is 0.342 e. The lowest BCUT2D eigenvalue weighted by Gasteiger charge is -2.32. The minimum Gasteiger partial charge on any atom is -0.342 e. The first-order valence-corrected chi connectivity index (χ1v) is 6.42. The molecule has 2 aromatic heterocycles. The quantitative estimate of drug-likeness (QED) is 0.781. The highest BCUT2D eigenvalue weighted by atomic mass is 79.9. The summed E-state index contributed by atoms with van der Waals surface area (Å²) < 4.78 is 2.63. The molecule has 0 N–H and O–H groups in total. The van der Waals surface area contributed by atoms with Gasteiger partial charge in [0.05, 0.1) is 6.54 Å². The fraction of sp³-hybridized carbons (Fsp3) is 0.364. The van der Waals surface area contributed by atoms with E-state index in [1.165, 1.54) is 0 Å². The predicted octanol–water partition coefficient (Wildman–Crippen LogP) is 0.770. The summed E-state index contributed by atoms with van der Waals surface area (Å²) in [7, 11) is 1.82. The Balaban J connectivity index is 2.03. The fourth-order valence-electron chi connectivity index (χ4n) is 2.04. The minimum absolute atomic E-state index is 0.104. The summed E-state index contributed by atoms with van der Waals surface area (Å²) in [5.41, 5.74) is 0.774. The van der Waals surface area contributed by atoms with Gasteiger partial charge in [-0.25, -0.2) is 9.97 Å². The molecule has 1 aliphatic heterocycles. The van der Waals surface area contributed by atoms with Gasteiger partial charge in [-0.1, -0.05) is 0 Å². The first-order chi connectivity index (χ1) is 8.65. The van der Waals surface area contributed by atoms with E-state index < -0.39 is 0 Å². The third kappa shape index (κ3) is 1.84. The molecule has 0 radical (unpaired) electrons. The highest BCUT2D eigenvalue weighted by Gasteiger charge is 2.24. The van der Waals surface area contributed by atoms with Crippen LogP contribution < -0.4 is 4.90 Å². The Labute approximate surface area is 112 Å². The third-order valence-electron chi connectivity index (χ3n) is 3.08. The maximum absolute atomic E-state index is 11.8. The third-order valence-corrected chi connectivity index (χ3v) is 3.47. The van der Waals surface area contributed by atoms with Gasteiger partial charge in [0, 0.05) is 38.7 Å². The van der Waals surface area contributed by atoms with Crippen molar-refractivity contribution < 1.29 is 4.79 Å². The van der Waals surface area contributed by atoms with Crippen molar-refractivity contribution in [1.82, 2.24) is 19.3 Å². The zero-order valence-corrected chi connectivity index (χ0v) is 11.5. The summed E-state index contributed by atoms with van der Waals surface area (Å²) in [6.45, 7) is 1.83. The summed E-state index contributed by atoms with van der Waals surface area (Å²) in [4.78, 5) is 24.2. The molecular weight excluding hydrogens is 298 g/mol. The summed E-state index contributed by atoms with van der Waals surface area (Å²) >= 11 is 3.38. The van der Waals surface area contributed by atoms with Crippen molar-refractivity contribution in [2.45, 2.75) is 0 Å². The zero-order valence-electron chi connectivity index (χ0n) is 9.88. The Hall–Kier alpha value is -1.63. The van der Waals surface area contributed by atoms with Crippen LogP contribution in [0.15, 0.2) is 23.2 Å². The molecule has 0 aliphatic carbocycles. The van der Waals surface area contributed by atoms with E-state index in [0.717, 1.165) is 22.6 Å². The van der Waals surface area contributed by atoms with E-state index in [-0.39, 0.29) is 5.91 Å². The monoisotopic (exact) mass is 309 g/mol. The molecule has 0 aromatic carbocycles. The molecule has 6 nitrogen and oxygen atoms in total. The lowest BCUT2D eigenvalue weighted by molar-refractivity contribution is -0.129. The highest BCUT2D eigenvalue weighted by molar-refractivity contribution is 9.10. The Morgan fingerprint density at radius 3 is 3.00 bits per heavy atom. The minimum atomic E-state index is 0.104. The molecule has 0 bridgehead atoms. The van der Waals surface area contributed by atoms with E-state index >= 15 is 0 Å². The number of anilines is 1. The molecule has 1 aliphatic rings. The number of rotatable bonds is 1. The van der Waals surface area contributed by atoms with Gasteiger partial charge in [-0.3, -0.25) is 4.79 Å². The van der Waals surface area contributed by atoms with Crippen molar-refractivity contribution in [3.8, 4) is 0 Å². The number of piperazine rings is 1. The van der Waals surface area contributed by atoms with E-state index in [0.29, 0.717) is 13.1 Å². The number of halogens is 1. The summed E-state index contributed by atoms with van der Waals surface area (Å²) in [6, 6.07) is 0. The van der Waals surface area contributed by atoms with Crippen LogP contribution in [0.1, 0.15) is 0 Å². The average Bonchev–Trinajstić information content (AvgIpc) is 2.79. The second-order valence-corrected chi connectivity index (χ2v) is 5.09. The Morgan fingerprint density at radius 1 is 1.39 bits per heavy atom. The van der Waals surface area contributed by atoms with Gasteiger partial charge >= 0.3 is 0 Å². The standard InChI is InChI=1S/C11H12BrN5O/c1-15-4-5-17(7-9(15)18)11-10-13-2-3-16(10)6-8(12)14-11/h2-3,6H,4-5,7H2,1H3.